The van der Waals surface area contributed by atoms with Crippen molar-refractivity contribution in [3.63, 3.8) is 0 Å². The van der Waals surface area contributed by atoms with Crippen LogP contribution in [0.4, 0.5) is 0 Å². The molecule has 2 saturated carbocycles. The molecule has 0 aromatic rings. The molecule has 0 heterocycles. The predicted octanol–water partition coefficient (Wildman–Crippen LogP) is 2.50. The van der Waals surface area contributed by atoms with Crippen molar-refractivity contribution in [2.75, 3.05) is 0 Å². The lowest BCUT2D eigenvalue weighted by Crippen LogP contribution is -2.56. The van der Waals surface area contributed by atoms with Crippen LogP contribution in [0.1, 0.15) is 52.4 Å². The van der Waals surface area contributed by atoms with E-state index in [0.29, 0.717) is 12.2 Å². The Morgan fingerprint density at radius 1 is 1.36 bits per heavy atom. The van der Waals surface area contributed by atoms with E-state index < -0.39 is 0 Å². The molecule has 3 atom stereocenters. The van der Waals surface area contributed by atoms with Gasteiger partial charge < -0.3 is 9.84 Å². The Bertz CT molecular complexity index is 198. The molecule has 2 aliphatic rings. The Morgan fingerprint density at radius 2 is 2.00 bits per heavy atom. The molecular weight excluding hydrogens is 176 g/mol. The maximum Gasteiger partial charge on any atom is 0.0681 e. The average molecular weight is 198 g/mol. The van der Waals surface area contributed by atoms with Crippen LogP contribution < -0.4 is 0 Å². The molecule has 0 amide bonds. The first-order chi connectivity index (χ1) is 6.66. The third-order valence-electron chi connectivity index (χ3n) is 4.35. The number of aliphatic hydroxyl groups excluding tert-OH is 1. The Kier molecular flexibility index (Phi) is 2.85. The Labute approximate surface area is 86.6 Å². The van der Waals surface area contributed by atoms with Gasteiger partial charge in [-0.25, -0.2) is 0 Å². The normalized spacial score (nSPS) is 43.9. The first-order valence-electron chi connectivity index (χ1n) is 6.00. The van der Waals surface area contributed by atoms with Crippen LogP contribution in [0.2, 0.25) is 0 Å². The van der Waals surface area contributed by atoms with Crippen molar-refractivity contribution in [1.29, 1.82) is 0 Å². The van der Waals surface area contributed by atoms with Crippen LogP contribution in [0.15, 0.2) is 0 Å². The SMILES string of the molecule is CCC1(C)C(O)CC1OC1CCCC1. The largest absolute Gasteiger partial charge is 0.392 e. The first-order valence-corrected chi connectivity index (χ1v) is 6.00. The van der Waals surface area contributed by atoms with Gasteiger partial charge in [0.25, 0.3) is 0 Å². The van der Waals surface area contributed by atoms with Gasteiger partial charge in [-0.2, -0.15) is 0 Å². The molecule has 82 valence electrons. The highest BCUT2D eigenvalue weighted by Gasteiger charge is 2.51. The lowest BCUT2D eigenvalue weighted by Gasteiger charge is -2.51. The summed E-state index contributed by atoms with van der Waals surface area (Å²) in [6.07, 6.45) is 7.62. The molecule has 0 spiro atoms. The van der Waals surface area contributed by atoms with E-state index in [1.54, 1.807) is 0 Å². The van der Waals surface area contributed by atoms with Gasteiger partial charge in [0, 0.05) is 11.8 Å². The fourth-order valence-corrected chi connectivity index (χ4v) is 2.73. The minimum atomic E-state index is -0.140. The van der Waals surface area contributed by atoms with Gasteiger partial charge in [0.2, 0.25) is 0 Å². The molecule has 0 aromatic heterocycles. The smallest absolute Gasteiger partial charge is 0.0681 e. The summed E-state index contributed by atoms with van der Waals surface area (Å²) in [4.78, 5) is 0. The zero-order valence-corrected chi connectivity index (χ0v) is 9.33. The van der Waals surface area contributed by atoms with Crippen molar-refractivity contribution in [3.05, 3.63) is 0 Å². The van der Waals surface area contributed by atoms with Crippen molar-refractivity contribution < 1.29 is 9.84 Å². The highest BCUT2D eigenvalue weighted by atomic mass is 16.5. The second kappa shape index (κ2) is 3.82. The van der Waals surface area contributed by atoms with Gasteiger partial charge in [-0.15, -0.1) is 0 Å². The van der Waals surface area contributed by atoms with Gasteiger partial charge in [0.1, 0.15) is 0 Å². The van der Waals surface area contributed by atoms with E-state index in [4.69, 9.17) is 4.74 Å². The third kappa shape index (κ3) is 1.59. The van der Waals surface area contributed by atoms with Crippen molar-refractivity contribution in [3.8, 4) is 0 Å². The van der Waals surface area contributed by atoms with E-state index in [2.05, 4.69) is 13.8 Å². The van der Waals surface area contributed by atoms with Gasteiger partial charge in [-0.05, 0) is 19.3 Å². The van der Waals surface area contributed by atoms with Crippen LogP contribution in [0.25, 0.3) is 0 Å². The topological polar surface area (TPSA) is 29.5 Å². The fourth-order valence-electron chi connectivity index (χ4n) is 2.73. The second-order valence-electron chi connectivity index (χ2n) is 5.14. The molecule has 0 bridgehead atoms. The number of hydrogen-bond donors (Lipinski definition) is 1. The average Bonchev–Trinajstić information content (AvgIpc) is 2.69. The monoisotopic (exact) mass is 198 g/mol. The van der Waals surface area contributed by atoms with Crippen LogP contribution >= 0.6 is 0 Å². The summed E-state index contributed by atoms with van der Waals surface area (Å²) in [7, 11) is 0. The minimum Gasteiger partial charge on any atom is -0.392 e. The molecule has 0 radical (unpaired) electrons. The summed E-state index contributed by atoms with van der Waals surface area (Å²) in [5.41, 5.74) is 0.0303. The van der Waals surface area contributed by atoms with E-state index in [1.165, 1.54) is 25.7 Å². The zero-order chi connectivity index (χ0) is 10.2. The highest BCUT2D eigenvalue weighted by Crippen LogP contribution is 2.47. The van der Waals surface area contributed by atoms with Gasteiger partial charge in [0.15, 0.2) is 0 Å². The maximum absolute atomic E-state index is 9.73. The Morgan fingerprint density at radius 3 is 2.50 bits per heavy atom. The molecule has 0 aromatic carbocycles. The summed E-state index contributed by atoms with van der Waals surface area (Å²) in [5.74, 6) is 0. The number of ether oxygens (including phenoxy) is 1. The van der Waals surface area contributed by atoms with E-state index in [1.807, 2.05) is 0 Å². The molecule has 2 heteroatoms. The molecule has 1 N–H and O–H groups in total. The van der Waals surface area contributed by atoms with Gasteiger partial charge in [-0.1, -0.05) is 26.7 Å². The van der Waals surface area contributed by atoms with E-state index >= 15 is 0 Å². The predicted molar refractivity (Wildman–Crippen MR) is 56.2 cm³/mol. The number of aliphatic hydroxyl groups is 1. The molecule has 2 rings (SSSR count). The van der Waals surface area contributed by atoms with Gasteiger partial charge >= 0.3 is 0 Å². The lowest BCUT2D eigenvalue weighted by atomic mass is 9.63. The first kappa shape index (κ1) is 10.4. The van der Waals surface area contributed by atoms with Crippen molar-refractivity contribution in [2.24, 2.45) is 5.41 Å². The molecule has 2 fully saturated rings. The van der Waals surface area contributed by atoms with E-state index in [0.717, 1.165) is 12.8 Å². The number of rotatable bonds is 3. The number of hydrogen-bond acceptors (Lipinski definition) is 2. The van der Waals surface area contributed by atoms with Crippen LogP contribution in [0.3, 0.4) is 0 Å². The van der Waals surface area contributed by atoms with Gasteiger partial charge in [0.05, 0.1) is 18.3 Å². The van der Waals surface area contributed by atoms with E-state index in [9.17, 15) is 5.11 Å². The standard InChI is InChI=1S/C12H22O2/c1-3-12(2)10(13)8-11(12)14-9-6-4-5-7-9/h9-11,13H,3-8H2,1-2H3. The van der Waals surface area contributed by atoms with Crippen molar-refractivity contribution in [2.45, 2.75) is 70.7 Å². The molecule has 0 aliphatic heterocycles. The van der Waals surface area contributed by atoms with Crippen LogP contribution in [0.5, 0.6) is 0 Å². The molecule has 2 nitrogen and oxygen atoms in total. The lowest BCUT2D eigenvalue weighted by molar-refractivity contribution is -0.202. The van der Waals surface area contributed by atoms with E-state index in [-0.39, 0.29) is 11.5 Å². The summed E-state index contributed by atoms with van der Waals surface area (Å²) in [5, 5.41) is 9.73. The maximum atomic E-state index is 9.73. The van der Waals surface area contributed by atoms with Crippen LogP contribution in [-0.2, 0) is 4.74 Å². The highest BCUT2D eigenvalue weighted by molar-refractivity contribution is 5.01. The molecule has 0 saturated heterocycles. The molecular formula is C12H22O2. The van der Waals surface area contributed by atoms with Gasteiger partial charge in [-0.3, -0.25) is 0 Å². The molecule has 3 unspecified atom stereocenters. The zero-order valence-electron chi connectivity index (χ0n) is 9.33. The molecule has 14 heavy (non-hydrogen) atoms. The van der Waals surface area contributed by atoms with Crippen LogP contribution in [-0.4, -0.2) is 23.4 Å². The minimum absolute atomic E-state index is 0.0303. The third-order valence-corrected chi connectivity index (χ3v) is 4.35. The summed E-state index contributed by atoms with van der Waals surface area (Å²) >= 11 is 0. The Balaban J connectivity index is 1.87. The summed E-state index contributed by atoms with van der Waals surface area (Å²) in [6.45, 7) is 4.30. The molecule has 2 aliphatic carbocycles. The second-order valence-corrected chi connectivity index (χ2v) is 5.14. The summed E-state index contributed by atoms with van der Waals surface area (Å²) < 4.78 is 6.06. The van der Waals surface area contributed by atoms with Crippen LogP contribution in [0, 0.1) is 5.41 Å². The van der Waals surface area contributed by atoms with Crippen molar-refractivity contribution >= 4 is 0 Å². The summed E-state index contributed by atoms with van der Waals surface area (Å²) in [6, 6.07) is 0. The quantitative estimate of drug-likeness (QED) is 0.755. The van der Waals surface area contributed by atoms with Crippen molar-refractivity contribution in [1.82, 2.24) is 0 Å². The Hall–Kier alpha value is -0.0800. The fraction of sp³-hybridized carbons (Fsp3) is 1.00.